The highest BCUT2D eigenvalue weighted by Gasteiger charge is 2.43. The Balaban J connectivity index is 1.65. The van der Waals surface area contributed by atoms with Crippen LogP contribution >= 0.6 is 0 Å². The molecule has 2 aromatic rings. The van der Waals surface area contributed by atoms with Crippen molar-refractivity contribution >= 4 is 10.0 Å². The van der Waals surface area contributed by atoms with E-state index in [0.717, 1.165) is 12.1 Å². The molecular formula is C21H23F2NO4S. The molecule has 2 aromatic carbocycles. The first-order chi connectivity index (χ1) is 13.7. The Morgan fingerprint density at radius 1 is 1.14 bits per heavy atom. The van der Waals surface area contributed by atoms with Crippen molar-refractivity contribution in [1.82, 2.24) is 4.31 Å². The van der Waals surface area contributed by atoms with Gasteiger partial charge in [0.05, 0.1) is 13.2 Å². The van der Waals surface area contributed by atoms with Crippen molar-refractivity contribution in [1.29, 1.82) is 0 Å². The fourth-order valence-corrected chi connectivity index (χ4v) is 6.22. The molecule has 0 amide bonds. The molecule has 2 saturated heterocycles. The molecule has 0 unspecified atom stereocenters. The van der Waals surface area contributed by atoms with Crippen LogP contribution in [0.3, 0.4) is 0 Å². The summed E-state index contributed by atoms with van der Waals surface area (Å²) in [5.74, 6) is -1.51. The SMILES string of the molecule is C[C@H]1CC[C@H](c2ccccc2)S(=O)(=O)N1Cc1cc(F)c(C2(O)COC2)cc1F. The molecule has 2 heterocycles. The van der Waals surface area contributed by atoms with Gasteiger partial charge in [-0.2, -0.15) is 4.31 Å². The molecule has 5 nitrogen and oxygen atoms in total. The maximum Gasteiger partial charge on any atom is 0.221 e. The smallest absolute Gasteiger partial charge is 0.221 e. The second-order valence-corrected chi connectivity index (χ2v) is 9.93. The number of hydrogen-bond acceptors (Lipinski definition) is 4. The summed E-state index contributed by atoms with van der Waals surface area (Å²) in [6, 6.07) is 10.5. The first-order valence-electron chi connectivity index (χ1n) is 9.56. The zero-order valence-corrected chi connectivity index (χ0v) is 16.8. The number of nitrogens with zero attached hydrogens (tertiary/aromatic N) is 1. The number of rotatable bonds is 4. The van der Waals surface area contributed by atoms with Crippen LogP contribution < -0.4 is 0 Å². The molecule has 0 aliphatic carbocycles. The highest BCUT2D eigenvalue weighted by molar-refractivity contribution is 7.89. The number of halogens is 2. The van der Waals surface area contributed by atoms with Gasteiger partial charge in [0.2, 0.25) is 10.0 Å². The number of ether oxygens (including phenoxy) is 1. The quantitative estimate of drug-likeness (QED) is 0.820. The molecule has 0 aromatic heterocycles. The predicted octanol–water partition coefficient (Wildman–Crippen LogP) is 3.24. The third-order valence-corrected chi connectivity index (χ3v) is 8.21. The molecule has 0 saturated carbocycles. The Hall–Kier alpha value is -1.87. The van der Waals surface area contributed by atoms with Crippen LogP contribution in [0, 0.1) is 11.6 Å². The molecule has 2 aliphatic rings. The highest BCUT2D eigenvalue weighted by Crippen LogP contribution is 2.39. The number of benzene rings is 2. The van der Waals surface area contributed by atoms with Crippen molar-refractivity contribution < 1.29 is 27.0 Å². The van der Waals surface area contributed by atoms with Gasteiger partial charge in [-0.1, -0.05) is 30.3 Å². The standard InChI is InChI=1S/C21H23F2NO4S/c1-14-7-8-20(15-5-3-2-4-6-15)29(26,27)24(14)11-16-9-19(23)17(10-18(16)22)21(25)12-28-13-21/h2-6,9-10,14,20,25H,7-8,11-13H2,1H3/t14-,20+/m0/s1. The fourth-order valence-electron chi connectivity index (χ4n) is 4.04. The van der Waals surface area contributed by atoms with Crippen molar-refractivity contribution in [3.05, 3.63) is 70.8 Å². The van der Waals surface area contributed by atoms with Gasteiger partial charge in [0.25, 0.3) is 0 Å². The monoisotopic (exact) mass is 423 g/mol. The number of hydrogen-bond donors (Lipinski definition) is 1. The molecule has 2 fully saturated rings. The first-order valence-corrected chi connectivity index (χ1v) is 11.1. The van der Waals surface area contributed by atoms with Gasteiger partial charge in [0, 0.05) is 23.7 Å². The van der Waals surface area contributed by atoms with E-state index in [9.17, 15) is 22.3 Å². The lowest BCUT2D eigenvalue weighted by atomic mass is 9.90. The van der Waals surface area contributed by atoms with Gasteiger partial charge in [0.1, 0.15) is 22.5 Å². The third kappa shape index (κ3) is 3.59. The predicted molar refractivity (Wildman–Crippen MR) is 103 cm³/mol. The normalized spacial score (nSPS) is 26.1. The maximum absolute atomic E-state index is 14.7. The van der Waals surface area contributed by atoms with Gasteiger partial charge < -0.3 is 9.84 Å². The summed E-state index contributed by atoms with van der Waals surface area (Å²) >= 11 is 0. The van der Waals surface area contributed by atoms with Crippen molar-refractivity contribution in [2.75, 3.05) is 13.2 Å². The summed E-state index contributed by atoms with van der Waals surface area (Å²) < 4.78 is 62.0. The molecule has 0 spiro atoms. The maximum atomic E-state index is 14.7. The minimum absolute atomic E-state index is 0.0563. The van der Waals surface area contributed by atoms with E-state index in [1.54, 1.807) is 31.2 Å². The average Bonchev–Trinajstić information content (AvgIpc) is 2.66. The minimum atomic E-state index is -3.75. The minimum Gasteiger partial charge on any atom is -0.380 e. The van der Waals surface area contributed by atoms with E-state index < -0.39 is 32.5 Å². The van der Waals surface area contributed by atoms with Crippen LogP contribution in [0.1, 0.15) is 41.7 Å². The van der Waals surface area contributed by atoms with Crippen LogP contribution in [-0.2, 0) is 26.9 Å². The van der Waals surface area contributed by atoms with E-state index >= 15 is 0 Å². The van der Waals surface area contributed by atoms with Gasteiger partial charge in [-0.3, -0.25) is 0 Å². The third-order valence-electron chi connectivity index (χ3n) is 5.84. The van der Waals surface area contributed by atoms with E-state index in [4.69, 9.17) is 4.74 Å². The molecule has 29 heavy (non-hydrogen) atoms. The van der Waals surface area contributed by atoms with Crippen molar-refractivity contribution in [3.8, 4) is 0 Å². The van der Waals surface area contributed by atoms with Gasteiger partial charge in [-0.15, -0.1) is 0 Å². The second-order valence-electron chi connectivity index (χ2n) is 7.86. The molecule has 2 aliphatic heterocycles. The number of aliphatic hydroxyl groups is 1. The van der Waals surface area contributed by atoms with Crippen LogP contribution in [0.2, 0.25) is 0 Å². The summed E-state index contributed by atoms with van der Waals surface area (Å²) in [4.78, 5) is 0. The average molecular weight is 423 g/mol. The zero-order chi connectivity index (χ0) is 20.8. The van der Waals surface area contributed by atoms with Crippen LogP contribution in [-0.4, -0.2) is 37.1 Å². The molecule has 0 radical (unpaired) electrons. The Bertz CT molecular complexity index is 1010. The van der Waals surface area contributed by atoms with E-state index in [-0.39, 0.29) is 36.9 Å². The molecular weight excluding hydrogens is 400 g/mol. The van der Waals surface area contributed by atoms with Gasteiger partial charge in [0.15, 0.2) is 0 Å². The van der Waals surface area contributed by atoms with E-state index in [1.165, 1.54) is 4.31 Å². The van der Waals surface area contributed by atoms with Crippen LogP contribution in [0.15, 0.2) is 42.5 Å². The summed E-state index contributed by atoms with van der Waals surface area (Å²) in [6.07, 6.45) is 1.10. The highest BCUT2D eigenvalue weighted by atomic mass is 32.2. The van der Waals surface area contributed by atoms with Gasteiger partial charge in [-0.25, -0.2) is 17.2 Å². The van der Waals surface area contributed by atoms with Crippen molar-refractivity contribution in [2.24, 2.45) is 0 Å². The van der Waals surface area contributed by atoms with Crippen molar-refractivity contribution in [3.63, 3.8) is 0 Å². The Morgan fingerprint density at radius 3 is 2.45 bits per heavy atom. The molecule has 4 rings (SSSR count). The van der Waals surface area contributed by atoms with E-state index in [2.05, 4.69) is 0 Å². The van der Waals surface area contributed by atoms with E-state index in [0.29, 0.717) is 18.4 Å². The lowest BCUT2D eigenvalue weighted by molar-refractivity contribution is -0.186. The fraction of sp³-hybridized carbons (Fsp3) is 0.429. The first kappa shape index (κ1) is 20.4. The van der Waals surface area contributed by atoms with Gasteiger partial charge >= 0.3 is 0 Å². The summed E-state index contributed by atoms with van der Waals surface area (Å²) in [5, 5.41) is 9.54. The van der Waals surface area contributed by atoms with Crippen LogP contribution in [0.4, 0.5) is 8.78 Å². The van der Waals surface area contributed by atoms with E-state index in [1.807, 2.05) is 6.07 Å². The molecule has 2 atom stereocenters. The van der Waals surface area contributed by atoms with Crippen LogP contribution in [0.5, 0.6) is 0 Å². The van der Waals surface area contributed by atoms with Crippen molar-refractivity contribution in [2.45, 2.75) is 43.2 Å². The summed E-state index contributed by atoms with van der Waals surface area (Å²) in [7, 11) is -3.75. The summed E-state index contributed by atoms with van der Waals surface area (Å²) in [5.41, 5.74) is -1.06. The Kier molecular flexibility index (Phi) is 5.23. The molecule has 8 heteroatoms. The molecule has 1 N–H and O–H groups in total. The molecule has 156 valence electrons. The topological polar surface area (TPSA) is 66.8 Å². The zero-order valence-electron chi connectivity index (χ0n) is 16.0. The van der Waals surface area contributed by atoms with Gasteiger partial charge in [-0.05, 0) is 37.5 Å². The Morgan fingerprint density at radius 2 is 1.83 bits per heavy atom. The lowest BCUT2D eigenvalue weighted by Gasteiger charge is -2.38. The largest absolute Gasteiger partial charge is 0.380 e. The number of sulfonamides is 1. The summed E-state index contributed by atoms with van der Waals surface area (Å²) in [6.45, 7) is 1.32. The Labute approximate surface area is 169 Å². The molecule has 0 bridgehead atoms. The lowest BCUT2D eigenvalue weighted by Crippen LogP contribution is -2.47. The second kappa shape index (κ2) is 7.43. The van der Waals surface area contributed by atoms with Crippen LogP contribution in [0.25, 0.3) is 0 Å².